The summed E-state index contributed by atoms with van der Waals surface area (Å²) in [7, 11) is 1.30. The van der Waals surface area contributed by atoms with Crippen LogP contribution in [0.4, 0.5) is 5.69 Å². The minimum absolute atomic E-state index is 0.204. The molecule has 116 valence electrons. The van der Waals surface area contributed by atoms with Crippen LogP contribution in [-0.2, 0) is 9.53 Å². The second-order valence-corrected chi connectivity index (χ2v) is 4.50. The van der Waals surface area contributed by atoms with Gasteiger partial charge in [0.15, 0.2) is 0 Å². The Morgan fingerprint density at radius 1 is 1.13 bits per heavy atom. The zero-order valence-electron chi connectivity index (χ0n) is 12.4. The van der Waals surface area contributed by atoms with E-state index in [0.717, 1.165) is 0 Å². The number of anilines is 1. The fourth-order valence-corrected chi connectivity index (χ4v) is 1.84. The van der Waals surface area contributed by atoms with Gasteiger partial charge in [-0.2, -0.15) is 5.26 Å². The number of nitrogens with zero attached hydrogens (tertiary/aromatic N) is 1. The summed E-state index contributed by atoms with van der Waals surface area (Å²) in [5, 5.41) is 11.0. The third kappa shape index (κ3) is 4.32. The van der Waals surface area contributed by atoms with E-state index in [4.69, 9.17) is 14.7 Å². The van der Waals surface area contributed by atoms with E-state index in [2.05, 4.69) is 5.32 Å². The Labute approximate surface area is 133 Å². The molecule has 0 bridgehead atoms. The second kappa shape index (κ2) is 7.61. The maximum absolute atomic E-state index is 11.7. The number of carbonyl (C=O) groups is 2. The van der Waals surface area contributed by atoms with Crippen molar-refractivity contribution in [1.82, 2.24) is 0 Å². The number of hydrogen-bond acceptors (Lipinski definition) is 5. The lowest BCUT2D eigenvalue weighted by molar-refractivity contribution is -0.115. The van der Waals surface area contributed by atoms with Gasteiger partial charge in [0.05, 0.1) is 13.2 Å². The molecule has 0 aliphatic carbocycles. The van der Waals surface area contributed by atoms with Gasteiger partial charge in [-0.25, -0.2) is 4.79 Å². The highest BCUT2D eigenvalue weighted by atomic mass is 16.5. The summed E-state index contributed by atoms with van der Waals surface area (Å²) in [6.45, 7) is 0. The molecule has 23 heavy (non-hydrogen) atoms. The van der Waals surface area contributed by atoms with Gasteiger partial charge < -0.3 is 14.8 Å². The normalized spacial score (nSPS) is 9.57. The molecule has 2 rings (SSSR count). The molecule has 1 N–H and O–H groups in total. The van der Waals surface area contributed by atoms with Crippen molar-refractivity contribution in [2.24, 2.45) is 0 Å². The third-order valence-corrected chi connectivity index (χ3v) is 2.90. The van der Waals surface area contributed by atoms with Crippen molar-refractivity contribution in [1.29, 1.82) is 5.26 Å². The van der Waals surface area contributed by atoms with Crippen LogP contribution < -0.4 is 10.1 Å². The van der Waals surface area contributed by atoms with E-state index in [9.17, 15) is 9.59 Å². The molecule has 0 atom stereocenters. The van der Waals surface area contributed by atoms with Crippen LogP contribution in [0.5, 0.6) is 11.5 Å². The van der Waals surface area contributed by atoms with E-state index in [0.29, 0.717) is 22.7 Å². The zero-order valence-corrected chi connectivity index (χ0v) is 12.4. The molecule has 2 aromatic carbocycles. The molecule has 0 aliphatic heterocycles. The molecule has 0 aliphatic rings. The maximum atomic E-state index is 11.7. The van der Waals surface area contributed by atoms with Gasteiger partial charge in [-0.1, -0.05) is 12.1 Å². The highest BCUT2D eigenvalue weighted by molar-refractivity contribution is 5.93. The SMILES string of the molecule is COC(=O)c1ccccc1Oc1ccc(NC(=O)CC#N)cc1. The first-order valence-corrected chi connectivity index (χ1v) is 6.76. The summed E-state index contributed by atoms with van der Waals surface area (Å²) < 4.78 is 10.4. The quantitative estimate of drug-likeness (QED) is 0.857. The van der Waals surface area contributed by atoms with Gasteiger partial charge in [0, 0.05) is 5.69 Å². The van der Waals surface area contributed by atoms with Gasteiger partial charge in [0.1, 0.15) is 23.5 Å². The van der Waals surface area contributed by atoms with Crippen LogP contribution in [0.15, 0.2) is 48.5 Å². The van der Waals surface area contributed by atoms with Gasteiger partial charge in [0.2, 0.25) is 5.91 Å². The van der Waals surface area contributed by atoms with Crippen molar-refractivity contribution in [3.63, 3.8) is 0 Å². The summed E-state index contributed by atoms with van der Waals surface area (Å²) in [6.07, 6.45) is -0.204. The van der Waals surface area contributed by atoms with Gasteiger partial charge in [-0.15, -0.1) is 0 Å². The van der Waals surface area contributed by atoms with Crippen LogP contribution >= 0.6 is 0 Å². The van der Waals surface area contributed by atoms with Crippen LogP contribution in [0.3, 0.4) is 0 Å². The molecule has 0 saturated carbocycles. The van der Waals surface area contributed by atoms with Crippen LogP contribution in [0.2, 0.25) is 0 Å². The molecule has 0 aromatic heterocycles. The first kappa shape index (κ1) is 16.0. The van der Waals surface area contributed by atoms with Gasteiger partial charge >= 0.3 is 5.97 Å². The Morgan fingerprint density at radius 3 is 2.48 bits per heavy atom. The molecule has 0 fully saturated rings. The molecule has 0 spiro atoms. The summed E-state index contributed by atoms with van der Waals surface area (Å²) in [6, 6.07) is 15.1. The second-order valence-electron chi connectivity index (χ2n) is 4.50. The van der Waals surface area contributed by atoms with E-state index in [1.54, 1.807) is 54.6 Å². The molecule has 6 heteroatoms. The van der Waals surface area contributed by atoms with Crippen molar-refractivity contribution in [2.75, 3.05) is 12.4 Å². The van der Waals surface area contributed by atoms with Crippen molar-refractivity contribution in [3.8, 4) is 17.6 Å². The lowest BCUT2D eigenvalue weighted by atomic mass is 10.2. The number of ether oxygens (including phenoxy) is 2. The van der Waals surface area contributed by atoms with Crippen molar-refractivity contribution in [3.05, 3.63) is 54.1 Å². The van der Waals surface area contributed by atoms with Crippen molar-refractivity contribution in [2.45, 2.75) is 6.42 Å². The van der Waals surface area contributed by atoms with E-state index >= 15 is 0 Å². The van der Waals surface area contributed by atoms with E-state index in [1.807, 2.05) is 0 Å². The smallest absolute Gasteiger partial charge is 0.341 e. The third-order valence-electron chi connectivity index (χ3n) is 2.90. The first-order valence-electron chi connectivity index (χ1n) is 6.76. The molecule has 0 saturated heterocycles. The number of carbonyl (C=O) groups excluding carboxylic acids is 2. The number of amides is 1. The minimum Gasteiger partial charge on any atom is -0.465 e. The number of benzene rings is 2. The van der Waals surface area contributed by atoms with Gasteiger partial charge in [-0.05, 0) is 36.4 Å². The Kier molecular flexibility index (Phi) is 5.31. The highest BCUT2D eigenvalue weighted by Crippen LogP contribution is 2.26. The van der Waals surface area contributed by atoms with Crippen LogP contribution in [-0.4, -0.2) is 19.0 Å². The molecule has 2 aromatic rings. The summed E-state index contributed by atoms with van der Waals surface area (Å²) in [5.74, 6) is 0.0124. The fraction of sp³-hybridized carbons (Fsp3) is 0.118. The summed E-state index contributed by atoms with van der Waals surface area (Å²) in [5.41, 5.74) is 0.875. The molecular weight excluding hydrogens is 296 g/mol. The number of rotatable bonds is 5. The molecule has 0 heterocycles. The lowest BCUT2D eigenvalue weighted by Crippen LogP contribution is -2.09. The molecule has 6 nitrogen and oxygen atoms in total. The van der Waals surface area contributed by atoms with Crippen LogP contribution in [0.25, 0.3) is 0 Å². The lowest BCUT2D eigenvalue weighted by Gasteiger charge is -2.10. The van der Waals surface area contributed by atoms with Crippen LogP contribution in [0, 0.1) is 11.3 Å². The average Bonchev–Trinajstić information content (AvgIpc) is 2.56. The monoisotopic (exact) mass is 310 g/mol. The summed E-state index contributed by atoms with van der Waals surface area (Å²) >= 11 is 0. The zero-order chi connectivity index (χ0) is 16.7. The summed E-state index contributed by atoms with van der Waals surface area (Å²) in [4.78, 5) is 23.0. The maximum Gasteiger partial charge on any atom is 0.341 e. The Bertz CT molecular complexity index is 748. The Balaban J connectivity index is 2.12. The Hall–Kier alpha value is -3.33. The largest absolute Gasteiger partial charge is 0.465 e. The predicted molar refractivity (Wildman–Crippen MR) is 83.2 cm³/mol. The standard InChI is InChI=1S/C17H14N2O4/c1-22-17(21)14-4-2-3-5-15(14)23-13-8-6-12(7-9-13)19-16(20)10-11-18/h2-9H,10H2,1H3,(H,19,20). The molecule has 0 unspecified atom stereocenters. The molecule has 1 amide bonds. The molecular formula is C17H14N2O4. The van der Waals surface area contributed by atoms with Crippen molar-refractivity contribution < 1.29 is 19.1 Å². The number of hydrogen-bond donors (Lipinski definition) is 1. The van der Waals surface area contributed by atoms with Crippen molar-refractivity contribution >= 4 is 17.6 Å². The number of nitriles is 1. The van der Waals surface area contributed by atoms with E-state index in [1.165, 1.54) is 7.11 Å². The minimum atomic E-state index is -0.485. The number of nitrogens with one attached hydrogen (secondary N) is 1. The molecule has 0 radical (unpaired) electrons. The van der Waals surface area contributed by atoms with E-state index < -0.39 is 5.97 Å². The van der Waals surface area contributed by atoms with Crippen LogP contribution in [0.1, 0.15) is 16.8 Å². The topological polar surface area (TPSA) is 88.4 Å². The van der Waals surface area contributed by atoms with E-state index in [-0.39, 0.29) is 12.3 Å². The first-order chi connectivity index (χ1) is 11.1. The number of methoxy groups -OCH3 is 1. The fourth-order valence-electron chi connectivity index (χ4n) is 1.84. The Morgan fingerprint density at radius 2 is 1.83 bits per heavy atom. The van der Waals surface area contributed by atoms with Gasteiger partial charge in [-0.3, -0.25) is 4.79 Å². The average molecular weight is 310 g/mol. The number of esters is 1. The highest BCUT2D eigenvalue weighted by Gasteiger charge is 2.12. The number of para-hydroxylation sites is 1. The predicted octanol–water partition coefficient (Wildman–Crippen LogP) is 3.12. The van der Waals surface area contributed by atoms with Gasteiger partial charge in [0.25, 0.3) is 0 Å².